The number of H-pyrrole nitrogens is 1. The van der Waals surface area contributed by atoms with E-state index in [0.717, 1.165) is 16.8 Å². The van der Waals surface area contributed by atoms with Crippen LogP contribution in [0.4, 0.5) is 0 Å². The van der Waals surface area contributed by atoms with Crippen LogP contribution in [0.2, 0.25) is 0 Å². The van der Waals surface area contributed by atoms with Crippen LogP contribution in [-0.2, 0) is 9.47 Å². The van der Waals surface area contributed by atoms with Crippen molar-refractivity contribution in [3.05, 3.63) is 71.7 Å². The molecule has 4 atom stereocenters. The average molecular weight is 432 g/mol. The van der Waals surface area contributed by atoms with E-state index in [1.807, 2.05) is 47.2 Å². The predicted molar refractivity (Wildman–Crippen MR) is 115 cm³/mol. The third-order valence-corrected chi connectivity index (χ3v) is 5.95. The smallest absolute Gasteiger partial charge is 0.260 e. The first-order valence-electron chi connectivity index (χ1n) is 10.4. The van der Waals surface area contributed by atoms with Crippen molar-refractivity contribution in [1.82, 2.24) is 19.5 Å². The van der Waals surface area contributed by atoms with Crippen LogP contribution in [0, 0.1) is 0 Å². The molecule has 4 aromatic rings. The number of hydrogen-bond donors (Lipinski definition) is 2. The van der Waals surface area contributed by atoms with Crippen LogP contribution in [0.25, 0.3) is 27.8 Å². The lowest BCUT2D eigenvalue weighted by Crippen LogP contribution is -2.34. The number of fused-ring (bicyclic) bond motifs is 2. The number of nitrogens with one attached hydrogen (secondary N) is 1. The van der Waals surface area contributed by atoms with E-state index in [2.05, 4.69) is 15.0 Å². The topological polar surface area (TPSA) is 111 Å². The van der Waals surface area contributed by atoms with Crippen LogP contribution in [0.1, 0.15) is 0 Å². The van der Waals surface area contributed by atoms with Crippen molar-refractivity contribution in [2.45, 2.75) is 24.4 Å². The molecule has 0 spiro atoms. The van der Waals surface area contributed by atoms with E-state index in [9.17, 15) is 9.90 Å². The highest BCUT2D eigenvalue weighted by molar-refractivity contribution is 5.94. The van der Waals surface area contributed by atoms with E-state index in [-0.39, 0.29) is 30.5 Å². The Bertz CT molecular complexity index is 1320. The summed E-state index contributed by atoms with van der Waals surface area (Å²) in [6, 6.07) is 11.3. The minimum Gasteiger partial charge on any atom is -0.485 e. The first-order chi connectivity index (χ1) is 15.7. The van der Waals surface area contributed by atoms with Gasteiger partial charge in [-0.3, -0.25) is 14.3 Å². The summed E-state index contributed by atoms with van der Waals surface area (Å²) in [5.41, 5.74) is 2.78. The normalized spacial score (nSPS) is 24.7. The number of aromatic nitrogens is 4. The lowest BCUT2D eigenvalue weighted by molar-refractivity contribution is 0.00863. The van der Waals surface area contributed by atoms with E-state index in [0.29, 0.717) is 23.4 Å². The molecule has 9 heteroatoms. The number of nitrogens with zero attached hydrogens (tertiary/aromatic N) is 3. The third kappa shape index (κ3) is 3.10. The average Bonchev–Trinajstić information content (AvgIpc) is 3.51. The van der Waals surface area contributed by atoms with Crippen molar-refractivity contribution in [2.75, 3.05) is 13.2 Å². The molecule has 5 heterocycles. The minimum atomic E-state index is -0.611. The molecule has 2 aliphatic heterocycles. The highest BCUT2D eigenvalue weighted by Gasteiger charge is 2.48. The molecule has 0 radical (unpaired) electrons. The molecule has 0 bridgehead atoms. The zero-order valence-corrected chi connectivity index (χ0v) is 16.9. The molecule has 0 aliphatic carbocycles. The van der Waals surface area contributed by atoms with Gasteiger partial charge in [-0.25, -0.2) is 4.98 Å². The summed E-state index contributed by atoms with van der Waals surface area (Å²) >= 11 is 0. The van der Waals surface area contributed by atoms with Gasteiger partial charge in [-0.1, -0.05) is 12.1 Å². The second-order valence-corrected chi connectivity index (χ2v) is 7.90. The number of ether oxygens (including phenoxy) is 3. The Kier molecular flexibility index (Phi) is 4.53. The quantitative estimate of drug-likeness (QED) is 0.505. The van der Waals surface area contributed by atoms with Crippen molar-refractivity contribution in [3.63, 3.8) is 0 Å². The second-order valence-electron chi connectivity index (χ2n) is 7.90. The van der Waals surface area contributed by atoms with Gasteiger partial charge in [0.05, 0.1) is 36.8 Å². The Morgan fingerprint density at radius 3 is 2.78 bits per heavy atom. The third-order valence-electron chi connectivity index (χ3n) is 5.95. The predicted octanol–water partition coefficient (Wildman–Crippen LogP) is 1.68. The highest BCUT2D eigenvalue weighted by Crippen LogP contribution is 2.33. The molecule has 2 fully saturated rings. The molecule has 2 N–H and O–H groups in total. The van der Waals surface area contributed by atoms with Gasteiger partial charge in [0, 0.05) is 18.0 Å². The molecule has 2 aliphatic rings. The number of aliphatic hydroxyl groups excluding tert-OH is 1. The monoisotopic (exact) mass is 432 g/mol. The Balaban J connectivity index is 1.33. The van der Waals surface area contributed by atoms with Crippen LogP contribution in [0.5, 0.6) is 5.75 Å². The van der Waals surface area contributed by atoms with E-state index in [1.165, 1.54) is 6.33 Å². The van der Waals surface area contributed by atoms with Crippen molar-refractivity contribution in [2.24, 2.45) is 0 Å². The Labute approximate surface area is 182 Å². The second kappa shape index (κ2) is 7.56. The molecular weight excluding hydrogens is 412 g/mol. The van der Waals surface area contributed by atoms with Crippen LogP contribution in [-0.4, -0.2) is 62.3 Å². The van der Waals surface area contributed by atoms with E-state index in [1.54, 1.807) is 12.4 Å². The van der Waals surface area contributed by atoms with Crippen LogP contribution in [0.15, 0.2) is 66.1 Å². The molecular formula is C23H20N4O5. The van der Waals surface area contributed by atoms with Crippen LogP contribution >= 0.6 is 0 Å². The fraction of sp³-hybridized carbons (Fsp3) is 0.261. The largest absolute Gasteiger partial charge is 0.485 e. The van der Waals surface area contributed by atoms with Crippen LogP contribution < -0.4 is 10.3 Å². The van der Waals surface area contributed by atoms with Gasteiger partial charge in [0.15, 0.2) is 11.8 Å². The molecule has 1 aromatic carbocycles. The molecule has 0 amide bonds. The highest BCUT2D eigenvalue weighted by atomic mass is 16.6. The first kappa shape index (κ1) is 19.2. The maximum atomic E-state index is 12.6. The van der Waals surface area contributed by atoms with Gasteiger partial charge in [0.1, 0.15) is 24.1 Å². The van der Waals surface area contributed by atoms with Gasteiger partial charge in [0.2, 0.25) is 0 Å². The number of pyridine rings is 1. The fourth-order valence-electron chi connectivity index (χ4n) is 4.42. The minimum absolute atomic E-state index is 0.209. The lowest BCUT2D eigenvalue weighted by Gasteiger charge is -2.18. The lowest BCUT2D eigenvalue weighted by atomic mass is 10.1. The van der Waals surface area contributed by atoms with Gasteiger partial charge in [-0.15, -0.1) is 0 Å². The van der Waals surface area contributed by atoms with Gasteiger partial charge < -0.3 is 24.3 Å². The van der Waals surface area contributed by atoms with Gasteiger partial charge in [-0.05, 0) is 29.8 Å². The number of rotatable bonds is 4. The summed E-state index contributed by atoms with van der Waals surface area (Å²) in [4.78, 5) is 23.9. The Hall–Kier alpha value is -3.53. The summed E-state index contributed by atoms with van der Waals surface area (Å²) in [6.45, 7) is 0.630. The van der Waals surface area contributed by atoms with Crippen molar-refractivity contribution in [1.29, 1.82) is 0 Å². The molecule has 9 nitrogen and oxygen atoms in total. The number of benzene rings is 1. The SMILES string of the molecule is O=c1[nH]cnc2c1c(-c1ccc(O[C@@H]3CO[C@@H]4[C@H]3OC[C@@H]4O)cc1)cn2-c1cccnc1. The molecule has 2 saturated heterocycles. The fourth-order valence-corrected chi connectivity index (χ4v) is 4.42. The number of aromatic amines is 1. The molecule has 32 heavy (non-hydrogen) atoms. The number of hydrogen-bond acceptors (Lipinski definition) is 7. The van der Waals surface area contributed by atoms with Gasteiger partial charge >= 0.3 is 0 Å². The van der Waals surface area contributed by atoms with Gasteiger partial charge in [0.25, 0.3) is 5.56 Å². The molecule has 162 valence electrons. The van der Waals surface area contributed by atoms with Crippen LogP contribution in [0.3, 0.4) is 0 Å². The van der Waals surface area contributed by atoms with Crippen molar-refractivity contribution < 1.29 is 19.3 Å². The molecule has 0 saturated carbocycles. The van der Waals surface area contributed by atoms with Crippen molar-refractivity contribution >= 4 is 11.0 Å². The maximum Gasteiger partial charge on any atom is 0.260 e. The molecule has 3 aromatic heterocycles. The Morgan fingerprint density at radius 2 is 1.97 bits per heavy atom. The first-order valence-corrected chi connectivity index (χ1v) is 10.4. The van der Waals surface area contributed by atoms with Gasteiger partial charge in [-0.2, -0.15) is 0 Å². The zero-order chi connectivity index (χ0) is 21.7. The number of aliphatic hydroxyl groups is 1. The summed E-state index contributed by atoms with van der Waals surface area (Å²) in [7, 11) is 0. The Morgan fingerprint density at radius 1 is 1.12 bits per heavy atom. The summed E-state index contributed by atoms with van der Waals surface area (Å²) < 4.78 is 19.2. The van der Waals surface area contributed by atoms with E-state index >= 15 is 0 Å². The van der Waals surface area contributed by atoms with Crippen molar-refractivity contribution in [3.8, 4) is 22.6 Å². The molecule has 0 unspecified atom stereocenters. The summed E-state index contributed by atoms with van der Waals surface area (Å²) in [5.74, 6) is 0.663. The molecule has 6 rings (SSSR count). The standard InChI is InChI=1S/C23H20N4O5/c28-17-10-30-21-18(11-31-20(17)21)32-15-5-3-13(4-6-15)16-9-27(14-2-1-7-24-8-14)22-19(16)23(29)26-12-25-22/h1-9,12,17-18,20-21,28H,10-11H2,(H,25,26,29)/t17-,18+,20-,21-/m0/s1. The van der Waals surface area contributed by atoms with E-state index in [4.69, 9.17) is 14.2 Å². The summed E-state index contributed by atoms with van der Waals surface area (Å²) in [5, 5.41) is 10.4. The zero-order valence-electron chi connectivity index (χ0n) is 16.9. The summed E-state index contributed by atoms with van der Waals surface area (Å²) in [6.07, 6.45) is 5.22. The van der Waals surface area contributed by atoms with E-state index < -0.39 is 6.10 Å². The maximum absolute atomic E-state index is 12.6.